The van der Waals surface area contributed by atoms with Gasteiger partial charge >= 0.3 is 0 Å². The van der Waals surface area contributed by atoms with E-state index in [1.165, 1.54) is 63.8 Å². The Morgan fingerprint density at radius 1 is 1.19 bits per heavy atom. The zero-order valence-corrected chi connectivity index (χ0v) is 13.9. The summed E-state index contributed by atoms with van der Waals surface area (Å²) in [7, 11) is 0. The van der Waals surface area contributed by atoms with E-state index in [0.717, 1.165) is 12.0 Å². The summed E-state index contributed by atoms with van der Waals surface area (Å²) in [4.78, 5) is 2.68. The molecule has 0 bridgehead atoms. The van der Waals surface area contributed by atoms with Crippen LogP contribution in [-0.2, 0) is 6.42 Å². The van der Waals surface area contributed by atoms with Gasteiger partial charge in [-0.15, -0.1) is 0 Å². The molecule has 0 spiro atoms. The number of unbranched alkanes of at least 4 members (excludes halogenated alkanes) is 1. The number of aryl methyl sites for hydroxylation is 1. The zero-order chi connectivity index (χ0) is 14.9. The molecule has 0 aliphatic carbocycles. The van der Waals surface area contributed by atoms with Crippen molar-refractivity contribution in [3.63, 3.8) is 0 Å². The van der Waals surface area contributed by atoms with Crippen molar-refractivity contribution in [1.82, 2.24) is 10.2 Å². The van der Waals surface area contributed by atoms with Crippen molar-refractivity contribution in [3.05, 3.63) is 35.9 Å². The summed E-state index contributed by atoms with van der Waals surface area (Å²) in [6, 6.07) is 11.6. The minimum absolute atomic E-state index is 0.734. The standard InChI is InChI=1S/C19H32N2/c1-17(2)15-21(16-19-12-8-13-20-19)14-7-6-11-18-9-4-3-5-10-18/h3-5,9-10,17,19-20H,6-8,11-16H2,1-2H3. The average molecular weight is 288 g/mol. The second-order valence-corrected chi connectivity index (χ2v) is 6.89. The van der Waals surface area contributed by atoms with E-state index >= 15 is 0 Å². The van der Waals surface area contributed by atoms with Gasteiger partial charge in [0.1, 0.15) is 0 Å². The van der Waals surface area contributed by atoms with Gasteiger partial charge < -0.3 is 10.2 Å². The summed E-state index contributed by atoms with van der Waals surface area (Å²) < 4.78 is 0. The van der Waals surface area contributed by atoms with Gasteiger partial charge in [0.05, 0.1) is 0 Å². The number of nitrogens with zero attached hydrogens (tertiary/aromatic N) is 1. The lowest BCUT2D eigenvalue weighted by atomic mass is 10.1. The molecule has 1 heterocycles. The molecule has 118 valence electrons. The number of rotatable bonds is 9. The lowest BCUT2D eigenvalue weighted by molar-refractivity contribution is 0.220. The van der Waals surface area contributed by atoms with Gasteiger partial charge in [-0.1, -0.05) is 44.2 Å². The van der Waals surface area contributed by atoms with E-state index in [1.807, 2.05) is 0 Å². The Balaban J connectivity index is 1.68. The van der Waals surface area contributed by atoms with Crippen LogP contribution in [0.25, 0.3) is 0 Å². The maximum Gasteiger partial charge on any atom is 0.0195 e. The molecule has 1 N–H and O–H groups in total. The summed E-state index contributed by atoms with van der Waals surface area (Å²) in [5.41, 5.74) is 1.48. The van der Waals surface area contributed by atoms with E-state index in [2.05, 4.69) is 54.4 Å². The van der Waals surface area contributed by atoms with Crippen molar-refractivity contribution < 1.29 is 0 Å². The van der Waals surface area contributed by atoms with Gasteiger partial charge in [-0.05, 0) is 56.7 Å². The van der Waals surface area contributed by atoms with Gasteiger partial charge in [0, 0.05) is 19.1 Å². The van der Waals surface area contributed by atoms with Crippen molar-refractivity contribution in [3.8, 4) is 0 Å². The van der Waals surface area contributed by atoms with Crippen LogP contribution in [0.2, 0.25) is 0 Å². The van der Waals surface area contributed by atoms with Crippen molar-refractivity contribution in [2.45, 2.75) is 52.0 Å². The largest absolute Gasteiger partial charge is 0.313 e. The number of hydrogen-bond acceptors (Lipinski definition) is 2. The minimum Gasteiger partial charge on any atom is -0.313 e. The molecule has 0 aromatic heterocycles. The molecule has 1 aromatic carbocycles. The second kappa shape index (κ2) is 9.22. The maximum atomic E-state index is 3.63. The molecule has 0 saturated carbocycles. The van der Waals surface area contributed by atoms with Crippen LogP contribution < -0.4 is 5.32 Å². The van der Waals surface area contributed by atoms with Gasteiger partial charge in [0.2, 0.25) is 0 Å². The van der Waals surface area contributed by atoms with Crippen LogP contribution in [0.4, 0.5) is 0 Å². The van der Waals surface area contributed by atoms with Gasteiger partial charge in [-0.25, -0.2) is 0 Å². The molecule has 2 nitrogen and oxygen atoms in total. The van der Waals surface area contributed by atoms with Crippen LogP contribution >= 0.6 is 0 Å². The SMILES string of the molecule is CC(C)CN(CCCCc1ccccc1)CC1CCCN1. The predicted octanol–water partition coefficient (Wildman–Crippen LogP) is 3.72. The molecule has 1 saturated heterocycles. The Morgan fingerprint density at radius 3 is 2.67 bits per heavy atom. The lowest BCUT2D eigenvalue weighted by Crippen LogP contribution is -2.39. The van der Waals surface area contributed by atoms with Gasteiger partial charge in [0.15, 0.2) is 0 Å². The van der Waals surface area contributed by atoms with Crippen LogP contribution in [0.15, 0.2) is 30.3 Å². The van der Waals surface area contributed by atoms with E-state index < -0.39 is 0 Å². The molecule has 1 unspecified atom stereocenters. The summed E-state index contributed by atoms with van der Waals surface area (Å²) in [6.45, 7) is 9.61. The van der Waals surface area contributed by atoms with Gasteiger partial charge in [-0.2, -0.15) is 0 Å². The fourth-order valence-electron chi connectivity index (χ4n) is 3.31. The lowest BCUT2D eigenvalue weighted by Gasteiger charge is -2.27. The third kappa shape index (κ3) is 6.62. The summed E-state index contributed by atoms with van der Waals surface area (Å²) in [5, 5.41) is 3.63. The molecular weight excluding hydrogens is 256 g/mol. The monoisotopic (exact) mass is 288 g/mol. The Morgan fingerprint density at radius 2 is 2.00 bits per heavy atom. The molecule has 0 radical (unpaired) electrons. The van der Waals surface area contributed by atoms with Crippen molar-refractivity contribution in [2.75, 3.05) is 26.2 Å². The molecule has 21 heavy (non-hydrogen) atoms. The van der Waals surface area contributed by atoms with Crippen LogP contribution in [0.1, 0.15) is 45.1 Å². The zero-order valence-electron chi connectivity index (χ0n) is 13.9. The van der Waals surface area contributed by atoms with Crippen LogP contribution in [-0.4, -0.2) is 37.1 Å². The van der Waals surface area contributed by atoms with Crippen molar-refractivity contribution in [1.29, 1.82) is 0 Å². The number of nitrogens with one attached hydrogen (secondary N) is 1. The van der Waals surface area contributed by atoms with Crippen LogP contribution in [0.5, 0.6) is 0 Å². The van der Waals surface area contributed by atoms with E-state index in [0.29, 0.717) is 0 Å². The normalized spacial score (nSPS) is 18.8. The Kier molecular flexibility index (Phi) is 7.25. The Bertz CT molecular complexity index is 368. The third-order valence-electron chi connectivity index (χ3n) is 4.30. The van der Waals surface area contributed by atoms with Crippen molar-refractivity contribution in [2.24, 2.45) is 5.92 Å². The molecule has 1 fully saturated rings. The van der Waals surface area contributed by atoms with Gasteiger partial charge in [0.25, 0.3) is 0 Å². The Hall–Kier alpha value is -0.860. The van der Waals surface area contributed by atoms with E-state index in [-0.39, 0.29) is 0 Å². The molecule has 1 aromatic rings. The average Bonchev–Trinajstić information content (AvgIpc) is 2.97. The molecular formula is C19H32N2. The highest BCUT2D eigenvalue weighted by atomic mass is 15.2. The molecule has 1 aliphatic rings. The van der Waals surface area contributed by atoms with Crippen LogP contribution in [0, 0.1) is 5.92 Å². The highest BCUT2D eigenvalue weighted by Crippen LogP contribution is 2.11. The molecule has 2 rings (SSSR count). The summed E-state index contributed by atoms with van der Waals surface area (Å²) in [5.74, 6) is 0.764. The number of hydrogen-bond donors (Lipinski definition) is 1. The third-order valence-corrected chi connectivity index (χ3v) is 4.30. The summed E-state index contributed by atoms with van der Waals surface area (Å²) in [6.07, 6.45) is 6.55. The predicted molar refractivity (Wildman–Crippen MR) is 91.7 cm³/mol. The molecule has 1 atom stereocenters. The van der Waals surface area contributed by atoms with Crippen molar-refractivity contribution >= 4 is 0 Å². The fraction of sp³-hybridized carbons (Fsp3) is 0.684. The van der Waals surface area contributed by atoms with E-state index in [1.54, 1.807) is 0 Å². The molecule has 1 aliphatic heterocycles. The highest BCUT2D eigenvalue weighted by Gasteiger charge is 2.18. The first-order valence-electron chi connectivity index (χ1n) is 8.73. The highest BCUT2D eigenvalue weighted by molar-refractivity contribution is 5.14. The van der Waals surface area contributed by atoms with E-state index in [4.69, 9.17) is 0 Å². The topological polar surface area (TPSA) is 15.3 Å². The molecule has 0 amide bonds. The first-order valence-corrected chi connectivity index (χ1v) is 8.73. The second-order valence-electron chi connectivity index (χ2n) is 6.89. The molecule has 2 heteroatoms. The minimum atomic E-state index is 0.734. The van der Waals surface area contributed by atoms with Crippen LogP contribution in [0.3, 0.4) is 0 Å². The fourth-order valence-corrected chi connectivity index (χ4v) is 3.31. The first kappa shape index (κ1) is 16.5. The summed E-state index contributed by atoms with van der Waals surface area (Å²) >= 11 is 0. The first-order chi connectivity index (χ1) is 10.2. The Labute approximate surface area is 130 Å². The maximum absolute atomic E-state index is 3.63. The smallest absolute Gasteiger partial charge is 0.0195 e. The number of benzene rings is 1. The quantitative estimate of drug-likeness (QED) is 0.697. The van der Waals surface area contributed by atoms with Gasteiger partial charge in [-0.3, -0.25) is 0 Å². The van der Waals surface area contributed by atoms with E-state index in [9.17, 15) is 0 Å².